The van der Waals surface area contributed by atoms with Crippen LogP contribution < -0.4 is 0 Å². The molecule has 84 valence electrons. The van der Waals surface area contributed by atoms with E-state index in [-0.39, 0.29) is 6.61 Å². The smallest absolute Gasteiger partial charge is 0.339 e. The summed E-state index contributed by atoms with van der Waals surface area (Å²) in [6, 6.07) is 6.74. The number of halogens is 1. The molecular formula is C12H11ClO3. The third-order valence-corrected chi connectivity index (χ3v) is 2.17. The van der Waals surface area contributed by atoms with Gasteiger partial charge in [0.2, 0.25) is 0 Å². The van der Waals surface area contributed by atoms with E-state index in [1.54, 1.807) is 24.3 Å². The van der Waals surface area contributed by atoms with Crippen molar-refractivity contribution in [3.63, 3.8) is 0 Å². The molecule has 1 rings (SSSR count). The molecule has 0 radical (unpaired) electrons. The fourth-order valence-electron chi connectivity index (χ4n) is 1.18. The second-order valence-electron chi connectivity index (χ2n) is 2.97. The highest BCUT2D eigenvalue weighted by Gasteiger charge is 2.21. The Kier molecular flexibility index (Phi) is 4.84. The van der Waals surface area contributed by atoms with E-state index in [1.165, 1.54) is 7.11 Å². The summed E-state index contributed by atoms with van der Waals surface area (Å²) in [5.41, 5.74) is 0.659. The van der Waals surface area contributed by atoms with Gasteiger partial charge in [-0.1, -0.05) is 29.7 Å². The normalized spacial score (nSPS) is 11.6. The van der Waals surface area contributed by atoms with Crippen LogP contribution in [0.25, 0.3) is 0 Å². The SMILES string of the molecule is C#CCOC(C(=O)OC)c1ccc(Cl)cc1. The summed E-state index contributed by atoms with van der Waals surface area (Å²) in [6.07, 6.45) is 4.27. The summed E-state index contributed by atoms with van der Waals surface area (Å²) in [7, 11) is 1.30. The minimum atomic E-state index is -0.807. The fourth-order valence-corrected chi connectivity index (χ4v) is 1.30. The number of carbonyl (C=O) groups is 1. The van der Waals surface area contributed by atoms with Crippen LogP contribution in [-0.2, 0) is 14.3 Å². The highest BCUT2D eigenvalue weighted by Crippen LogP contribution is 2.20. The van der Waals surface area contributed by atoms with Gasteiger partial charge < -0.3 is 9.47 Å². The van der Waals surface area contributed by atoms with E-state index in [9.17, 15) is 4.79 Å². The van der Waals surface area contributed by atoms with E-state index >= 15 is 0 Å². The van der Waals surface area contributed by atoms with Gasteiger partial charge in [0.05, 0.1) is 7.11 Å². The second kappa shape index (κ2) is 6.16. The van der Waals surface area contributed by atoms with Crippen LogP contribution in [0, 0.1) is 12.3 Å². The number of methoxy groups -OCH3 is 1. The monoisotopic (exact) mass is 238 g/mol. The summed E-state index contributed by atoms with van der Waals surface area (Å²) in [6.45, 7) is 0.0440. The molecule has 0 aliphatic carbocycles. The highest BCUT2D eigenvalue weighted by atomic mass is 35.5. The fraction of sp³-hybridized carbons (Fsp3) is 0.250. The molecule has 0 spiro atoms. The number of carbonyl (C=O) groups excluding carboxylic acids is 1. The van der Waals surface area contributed by atoms with Crippen molar-refractivity contribution in [2.45, 2.75) is 6.10 Å². The molecule has 0 bridgehead atoms. The molecule has 1 aromatic carbocycles. The van der Waals surface area contributed by atoms with Crippen molar-refractivity contribution in [1.82, 2.24) is 0 Å². The van der Waals surface area contributed by atoms with Crippen LogP contribution in [0.5, 0.6) is 0 Å². The topological polar surface area (TPSA) is 35.5 Å². The highest BCUT2D eigenvalue weighted by molar-refractivity contribution is 6.30. The lowest BCUT2D eigenvalue weighted by atomic mass is 10.1. The van der Waals surface area contributed by atoms with E-state index < -0.39 is 12.1 Å². The Labute approximate surface area is 99.3 Å². The quantitative estimate of drug-likeness (QED) is 0.596. The average molecular weight is 239 g/mol. The Morgan fingerprint density at radius 3 is 2.62 bits per heavy atom. The Morgan fingerprint density at radius 1 is 1.50 bits per heavy atom. The van der Waals surface area contributed by atoms with Crippen molar-refractivity contribution in [3.05, 3.63) is 34.9 Å². The van der Waals surface area contributed by atoms with E-state index in [2.05, 4.69) is 10.7 Å². The van der Waals surface area contributed by atoms with Crippen LogP contribution >= 0.6 is 11.6 Å². The van der Waals surface area contributed by atoms with E-state index in [4.69, 9.17) is 22.8 Å². The Bertz CT molecular complexity index is 392. The first-order chi connectivity index (χ1) is 7.69. The van der Waals surface area contributed by atoms with Gasteiger partial charge in [0.1, 0.15) is 6.61 Å². The number of hydrogen-bond acceptors (Lipinski definition) is 3. The van der Waals surface area contributed by atoms with Gasteiger partial charge in [0, 0.05) is 5.02 Å². The lowest BCUT2D eigenvalue weighted by Crippen LogP contribution is -2.17. The molecule has 3 nitrogen and oxygen atoms in total. The Hall–Kier alpha value is -1.50. The number of benzene rings is 1. The molecule has 0 aliphatic heterocycles. The van der Waals surface area contributed by atoms with Crippen LogP contribution in [0.1, 0.15) is 11.7 Å². The lowest BCUT2D eigenvalue weighted by Gasteiger charge is -2.14. The second-order valence-corrected chi connectivity index (χ2v) is 3.41. The van der Waals surface area contributed by atoms with Gasteiger partial charge in [-0.2, -0.15) is 0 Å². The van der Waals surface area contributed by atoms with Crippen molar-refractivity contribution < 1.29 is 14.3 Å². The summed E-state index contributed by atoms with van der Waals surface area (Å²) >= 11 is 5.74. The summed E-state index contributed by atoms with van der Waals surface area (Å²) in [4.78, 5) is 11.5. The largest absolute Gasteiger partial charge is 0.467 e. The van der Waals surface area contributed by atoms with Gasteiger partial charge in [-0.3, -0.25) is 0 Å². The Morgan fingerprint density at radius 2 is 2.12 bits per heavy atom. The first kappa shape index (κ1) is 12.6. The van der Waals surface area contributed by atoms with Crippen molar-refractivity contribution in [2.24, 2.45) is 0 Å². The predicted molar refractivity (Wildman–Crippen MR) is 61.0 cm³/mol. The zero-order valence-corrected chi connectivity index (χ0v) is 9.53. The average Bonchev–Trinajstić information content (AvgIpc) is 2.31. The molecule has 0 aromatic heterocycles. The summed E-state index contributed by atoms with van der Waals surface area (Å²) in [5, 5.41) is 0.587. The number of esters is 1. The molecule has 4 heteroatoms. The van der Waals surface area contributed by atoms with Crippen LogP contribution in [0.3, 0.4) is 0 Å². The zero-order chi connectivity index (χ0) is 12.0. The van der Waals surface area contributed by atoms with Gasteiger partial charge in [-0.25, -0.2) is 4.79 Å². The molecule has 0 saturated heterocycles. The number of rotatable bonds is 4. The molecule has 1 unspecified atom stereocenters. The number of terminal acetylenes is 1. The molecule has 0 aliphatic rings. The maximum Gasteiger partial charge on any atom is 0.339 e. The molecule has 0 N–H and O–H groups in total. The summed E-state index contributed by atoms with van der Waals surface area (Å²) < 4.78 is 9.84. The molecule has 16 heavy (non-hydrogen) atoms. The minimum absolute atomic E-state index is 0.0440. The maximum absolute atomic E-state index is 11.5. The molecule has 0 saturated carbocycles. The maximum atomic E-state index is 11.5. The van der Waals surface area contributed by atoms with Crippen molar-refractivity contribution >= 4 is 17.6 Å². The van der Waals surface area contributed by atoms with Crippen LogP contribution in [0.4, 0.5) is 0 Å². The van der Waals surface area contributed by atoms with Crippen molar-refractivity contribution in [3.8, 4) is 12.3 Å². The van der Waals surface area contributed by atoms with Crippen LogP contribution in [-0.4, -0.2) is 19.7 Å². The zero-order valence-electron chi connectivity index (χ0n) is 8.77. The van der Waals surface area contributed by atoms with E-state index in [0.717, 1.165) is 0 Å². The van der Waals surface area contributed by atoms with Crippen molar-refractivity contribution in [1.29, 1.82) is 0 Å². The third-order valence-electron chi connectivity index (χ3n) is 1.92. The van der Waals surface area contributed by atoms with Gasteiger partial charge in [0.15, 0.2) is 6.10 Å². The Balaban J connectivity index is 2.88. The number of ether oxygens (including phenoxy) is 2. The van der Waals surface area contributed by atoms with Crippen LogP contribution in [0.2, 0.25) is 5.02 Å². The van der Waals surface area contributed by atoms with Gasteiger partial charge in [-0.15, -0.1) is 6.42 Å². The van der Waals surface area contributed by atoms with Crippen LogP contribution in [0.15, 0.2) is 24.3 Å². The first-order valence-electron chi connectivity index (χ1n) is 4.57. The van der Waals surface area contributed by atoms with E-state index in [0.29, 0.717) is 10.6 Å². The lowest BCUT2D eigenvalue weighted by molar-refractivity contribution is -0.153. The predicted octanol–water partition coefficient (Wildman–Crippen LogP) is 2.20. The van der Waals surface area contributed by atoms with Gasteiger partial charge >= 0.3 is 5.97 Å². The molecule has 1 aromatic rings. The van der Waals surface area contributed by atoms with Gasteiger partial charge in [-0.05, 0) is 17.7 Å². The molecule has 0 heterocycles. The van der Waals surface area contributed by atoms with E-state index in [1.807, 2.05) is 0 Å². The third kappa shape index (κ3) is 3.27. The molecule has 0 fully saturated rings. The van der Waals surface area contributed by atoms with Gasteiger partial charge in [0.25, 0.3) is 0 Å². The molecule has 1 atom stereocenters. The standard InChI is InChI=1S/C12H11ClO3/c1-3-8-16-11(12(14)15-2)9-4-6-10(13)7-5-9/h1,4-7,11H,8H2,2H3. The first-order valence-corrected chi connectivity index (χ1v) is 4.95. The molecular weight excluding hydrogens is 228 g/mol. The summed E-state index contributed by atoms with van der Waals surface area (Å²) in [5.74, 6) is 1.81. The van der Waals surface area contributed by atoms with Crippen molar-refractivity contribution in [2.75, 3.05) is 13.7 Å². The number of hydrogen-bond donors (Lipinski definition) is 0. The minimum Gasteiger partial charge on any atom is -0.467 e. The molecule has 0 amide bonds.